The van der Waals surface area contributed by atoms with E-state index in [4.69, 9.17) is 10.5 Å². The molecule has 1 rings (SSSR count). The van der Waals surface area contributed by atoms with Crippen LogP contribution in [0, 0.1) is 0 Å². The second kappa shape index (κ2) is 7.02. The highest BCUT2D eigenvalue weighted by Gasteiger charge is 2.20. The van der Waals surface area contributed by atoms with Crippen LogP contribution >= 0.6 is 0 Å². The van der Waals surface area contributed by atoms with Gasteiger partial charge in [0, 0.05) is 24.8 Å². The lowest BCUT2D eigenvalue weighted by Gasteiger charge is -2.24. The predicted octanol–water partition coefficient (Wildman–Crippen LogP) is 0.574. The van der Waals surface area contributed by atoms with Crippen LogP contribution in [0.4, 0.5) is 0 Å². The van der Waals surface area contributed by atoms with Crippen LogP contribution in [0.5, 0.6) is 0 Å². The van der Waals surface area contributed by atoms with Gasteiger partial charge in [-0.3, -0.25) is 4.79 Å². The molecule has 0 saturated carbocycles. The Balaban J connectivity index is 2.86. The summed E-state index contributed by atoms with van der Waals surface area (Å²) in [6.45, 7) is 4.07. The lowest BCUT2D eigenvalue weighted by molar-refractivity contribution is 0.0915. The topological polar surface area (TPSA) is 98.5 Å². The van der Waals surface area contributed by atoms with E-state index in [1.807, 2.05) is 13.8 Å². The number of hydrogen-bond donors (Lipinski definition) is 2. The zero-order valence-electron chi connectivity index (χ0n) is 12.5. The zero-order chi connectivity index (χ0) is 16.1. The van der Waals surface area contributed by atoms with E-state index < -0.39 is 15.4 Å². The number of nitrogens with one attached hydrogen (secondary N) is 1. The second-order valence-electron chi connectivity index (χ2n) is 5.38. The van der Waals surface area contributed by atoms with E-state index in [2.05, 4.69) is 5.32 Å². The van der Waals surface area contributed by atoms with E-state index >= 15 is 0 Å². The molecule has 0 aliphatic heterocycles. The molecule has 6 nitrogen and oxygen atoms in total. The Kier molecular flexibility index (Phi) is 5.88. The minimum absolute atomic E-state index is 0.0880. The molecular formula is C14H22N2O4S. The molecule has 0 saturated heterocycles. The molecule has 7 heteroatoms. The molecule has 0 aromatic heterocycles. The van der Waals surface area contributed by atoms with Gasteiger partial charge < -0.3 is 15.8 Å². The van der Waals surface area contributed by atoms with E-state index in [-0.39, 0.29) is 23.2 Å². The second-order valence-corrected chi connectivity index (χ2v) is 7.49. The largest absolute Gasteiger partial charge is 0.384 e. The van der Waals surface area contributed by atoms with E-state index in [0.29, 0.717) is 12.1 Å². The third kappa shape index (κ3) is 5.11. The zero-order valence-corrected chi connectivity index (χ0v) is 13.4. The van der Waals surface area contributed by atoms with Crippen LogP contribution in [0.1, 0.15) is 24.2 Å². The average Bonchev–Trinajstić information content (AvgIpc) is 2.45. The summed E-state index contributed by atoms with van der Waals surface area (Å²) in [5.74, 6) is -0.374. The molecule has 0 spiro atoms. The monoisotopic (exact) mass is 314 g/mol. The number of rotatable bonds is 7. The van der Waals surface area contributed by atoms with Crippen molar-refractivity contribution in [2.75, 3.05) is 26.0 Å². The quantitative estimate of drug-likeness (QED) is 0.767. The molecule has 0 aliphatic rings. The number of methoxy groups -OCH3 is 1. The number of carbonyl (C=O) groups is 1. The summed E-state index contributed by atoms with van der Waals surface area (Å²) in [6.07, 6.45) is 0. The number of sulfone groups is 1. The van der Waals surface area contributed by atoms with Crippen molar-refractivity contribution in [2.24, 2.45) is 5.73 Å². The molecule has 0 heterocycles. The van der Waals surface area contributed by atoms with Gasteiger partial charge in [-0.15, -0.1) is 0 Å². The normalized spacial score (nSPS) is 12.2. The Bertz CT molecular complexity index is 579. The van der Waals surface area contributed by atoms with Gasteiger partial charge in [0.1, 0.15) is 0 Å². The molecule has 0 radical (unpaired) electrons. The maximum absolute atomic E-state index is 12.0. The van der Waals surface area contributed by atoms with Crippen LogP contribution in [-0.4, -0.2) is 45.9 Å². The summed E-state index contributed by atoms with van der Waals surface area (Å²) >= 11 is 0. The number of carbonyl (C=O) groups excluding carboxylic acids is 1. The summed E-state index contributed by atoms with van der Waals surface area (Å²) in [5.41, 5.74) is 5.43. The number of amides is 1. The Hall–Kier alpha value is -1.44. The lowest BCUT2D eigenvalue weighted by atomic mass is 10.1. The van der Waals surface area contributed by atoms with E-state index in [1.54, 1.807) is 0 Å². The summed E-state index contributed by atoms with van der Waals surface area (Å²) in [6, 6.07) is 5.83. The molecule has 1 aromatic rings. The minimum atomic E-state index is -3.38. The van der Waals surface area contributed by atoms with Gasteiger partial charge in [-0.2, -0.15) is 0 Å². The molecule has 1 aromatic carbocycles. The standard InChI is InChI=1S/C14H22N2O4S/c1-14(2,10-15)16-13(17)11-4-6-12(7-5-11)21(18,19)9-8-20-3/h4-7H,8-10,15H2,1-3H3,(H,16,17). The Morgan fingerprint density at radius 2 is 1.86 bits per heavy atom. The maximum Gasteiger partial charge on any atom is 0.251 e. The first kappa shape index (κ1) is 17.6. The van der Waals surface area contributed by atoms with Crippen LogP contribution < -0.4 is 11.1 Å². The molecule has 0 atom stereocenters. The van der Waals surface area contributed by atoms with Crippen molar-refractivity contribution >= 4 is 15.7 Å². The summed E-state index contributed by atoms with van der Waals surface area (Å²) in [5, 5.41) is 2.78. The first-order valence-corrected chi connectivity index (χ1v) is 8.21. The van der Waals surface area contributed by atoms with Gasteiger partial charge >= 0.3 is 0 Å². The summed E-state index contributed by atoms with van der Waals surface area (Å²) < 4.78 is 28.7. The smallest absolute Gasteiger partial charge is 0.251 e. The Labute approximate surface area is 125 Å². The fourth-order valence-corrected chi connectivity index (χ4v) is 2.73. The average molecular weight is 314 g/mol. The van der Waals surface area contributed by atoms with E-state index in [9.17, 15) is 13.2 Å². The first-order chi connectivity index (χ1) is 9.72. The van der Waals surface area contributed by atoms with Gasteiger partial charge in [-0.25, -0.2) is 8.42 Å². The van der Waals surface area contributed by atoms with Crippen molar-refractivity contribution < 1.29 is 17.9 Å². The molecule has 1 amide bonds. The first-order valence-electron chi connectivity index (χ1n) is 6.56. The third-order valence-electron chi connectivity index (χ3n) is 2.99. The molecular weight excluding hydrogens is 292 g/mol. The van der Waals surface area contributed by atoms with Gasteiger partial charge in [-0.1, -0.05) is 0 Å². The van der Waals surface area contributed by atoms with Crippen molar-refractivity contribution in [1.29, 1.82) is 0 Å². The van der Waals surface area contributed by atoms with Crippen LogP contribution in [0.2, 0.25) is 0 Å². The highest BCUT2D eigenvalue weighted by molar-refractivity contribution is 7.91. The Morgan fingerprint density at radius 3 is 2.33 bits per heavy atom. The fourth-order valence-electron chi connectivity index (χ4n) is 1.56. The van der Waals surface area contributed by atoms with Crippen molar-refractivity contribution in [3.8, 4) is 0 Å². The van der Waals surface area contributed by atoms with Crippen LogP contribution in [-0.2, 0) is 14.6 Å². The number of benzene rings is 1. The molecule has 3 N–H and O–H groups in total. The van der Waals surface area contributed by atoms with Crippen molar-refractivity contribution in [3.63, 3.8) is 0 Å². The van der Waals surface area contributed by atoms with Crippen LogP contribution in [0.15, 0.2) is 29.2 Å². The predicted molar refractivity (Wildman–Crippen MR) is 81.0 cm³/mol. The van der Waals surface area contributed by atoms with E-state index in [1.165, 1.54) is 31.4 Å². The molecule has 118 valence electrons. The van der Waals surface area contributed by atoms with Crippen LogP contribution in [0.25, 0.3) is 0 Å². The van der Waals surface area contributed by atoms with Gasteiger partial charge in [-0.05, 0) is 38.1 Å². The summed E-state index contributed by atoms with van der Waals surface area (Å²) in [4.78, 5) is 12.2. The fraction of sp³-hybridized carbons (Fsp3) is 0.500. The van der Waals surface area contributed by atoms with Gasteiger partial charge in [0.15, 0.2) is 9.84 Å². The van der Waals surface area contributed by atoms with Gasteiger partial charge in [0.2, 0.25) is 0 Å². The molecule has 0 bridgehead atoms. The van der Waals surface area contributed by atoms with Crippen molar-refractivity contribution in [1.82, 2.24) is 5.32 Å². The number of ether oxygens (including phenoxy) is 1. The minimum Gasteiger partial charge on any atom is -0.384 e. The van der Waals surface area contributed by atoms with E-state index in [0.717, 1.165) is 0 Å². The van der Waals surface area contributed by atoms with Gasteiger partial charge in [0.25, 0.3) is 5.91 Å². The molecule has 21 heavy (non-hydrogen) atoms. The van der Waals surface area contributed by atoms with Gasteiger partial charge in [0.05, 0.1) is 17.3 Å². The highest BCUT2D eigenvalue weighted by Crippen LogP contribution is 2.13. The molecule has 0 unspecified atom stereocenters. The number of hydrogen-bond acceptors (Lipinski definition) is 5. The van der Waals surface area contributed by atoms with Crippen molar-refractivity contribution in [2.45, 2.75) is 24.3 Å². The SMILES string of the molecule is COCCS(=O)(=O)c1ccc(C(=O)NC(C)(C)CN)cc1. The maximum atomic E-state index is 12.0. The van der Waals surface area contributed by atoms with Crippen LogP contribution in [0.3, 0.4) is 0 Å². The molecule has 0 aliphatic carbocycles. The number of nitrogens with two attached hydrogens (primary N) is 1. The highest BCUT2D eigenvalue weighted by atomic mass is 32.2. The molecule has 0 fully saturated rings. The van der Waals surface area contributed by atoms with Crippen molar-refractivity contribution in [3.05, 3.63) is 29.8 Å². The lowest BCUT2D eigenvalue weighted by Crippen LogP contribution is -2.48. The third-order valence-corrected chi connectivity index (χ3v) is 4.69. The Morgan fingerprint density at radius 1 is 1.29 bits per heavy atom. The summed E-state index contributed by atoms with van der Waals surface area (Å²) in [7, 11) is -1.93.